The molecule has 2 aromatic rings. The van der Waals surface area contributed by atoms with Crippen LogP contribution in [0.15, 0.2) is 48.5 Å². The maximum atomic E-state index is 12.8. The van der Waals surface area contributed by atoms with Gasteiger partial charge in [0.1, 0.15) is 12.3 Å². The van der Waals surface area contributed by atoms with Gasteiger partial charge in [-0.25, -0.2) is 0 Å². The highest BCUT2D eigenvalue weighted by molar-refractivity contribution is 5.97. The molecule has 24 heavy (non-hydrogen) atoms. The first kappa shape index (κ1) is 16.5. The first-order valence-electron chi connectivity index (χ1n) is 8.49. The molecule has 1 aliphatic rings. The highest BCUT2D eigenvalue weighted by Gasteiger charge is 2.26. The van der Waals surface area contributed by atoms with E-state index in [0.717, 1.165) is 38.3 Å². The molecule has 0 atom stereocenters. The predicted molar refractivity (Wildman–Crippen MR) is 94.5 cm³/mol. The molecule has 0 unspecified atom stereocenters. The lowest BCUT2D eigenvalue weighted by Crippen LogP contribution is -3.13. The Hall–Kier alpha value is -2.33. The molecule has 1 heterocycles. The molecule has 1 fully saturated rings. The number of aryl methyl sites for hydroxylation is 1. The lowest BCUT2D eigenvalue weighted by atomic mass is 10.1. The Bertz CT molecular complexity index is 692. The number of ether oxygens (including phenoxy) is 1. The molecule has 1 amide bonds. The van der Waals surface area contributed by atoms with Gasteiger partial charge in [-0.2, -0.15) is 0 Å². The van der Waals surface area contributed by atoms with Crippen LogP contribution in [0.5, 0.6) is 5.75 Å². The second-order valence-corrected chi connectivity index (χ2v) is 6.41. The molecule has 2 aromatic carbocycles. The standard InChI is InChI=1S/C20H24N2O2/c1-16-8-9-19(24-2)18(14-16)20(23)22-12-10-21(11-13-22)15-17-6-4-3-5-7-17/h3-9,14H,10-13,15H2,1-2H3/p+1. The van der Waals surface area contributed by atoms with Crippen LogP contribution >= 0.6 is 0 Å². The Kier molecular flexibility index (Phi) is 5.16. The molecule has 1 aliphatic heterocycles. The van der Waals surface area contributed by atoms with Crippen molar-refractivity contribution in [3.05, 3.63) is 65.2 Å². The molecule has 1 saturated heterocycles. The lowest BCUT2D eigenvalue weighted by Gasteiger charge is -2.32. The van der Waals surface area contributed by atoms with Crippen LogP contribution in [0.2, 0.25) is 0 Å². The minimum absolute atomic E-state index is 0.0781. The van der Waals surface area contributed by atoms with E-state index in [9.17, 15) is 4.79 Å². The molecule has 3 rings (SSSR count). The summed E-state index contributed by atoms with van der Waals surface area (Å²) in [5, 5.41) is 0. The van der Waals surface area contributed by atoms with Crippen molar-refractivity contribution in [1.29, 1.82) is 0 Å². The third kappa shape index (κ3) is 3.77. The van der Waals surface area contributed by atoms with Crippen LogP contribution in [0.4, 0.5) is 0 Å². The number of carbonyl (C=O) groups excluding carboxylic acids is 1. The van der Waals surface area contributed by atoms with E-state index in [1.54, 1.807) is 7.11 Å². The molecule has 0 aromatic heterocycles. The van der Waals surface area contributed by atoms with E-state index in [2.05, 4.69) is 24.3 Å². The summed E-state index contributed by atoms with van der Waals surface area (Å²) in [5.74, 6) is 0.735. The van der Waals surface area contributed by atoms with Gasteiger partial charge in [-0.05, 0) is 19.1 Å². The van der Waals surface area contributed by atoms with Crippen molar-refractivity contribution in [2.24, 2.45) is 0 Å². The summed E-state index contributed by atoms with van der Waals surface area (Å²) in [6.07, 6.45) is 0. The zero-order valence-electron chi connectivity index (χ0n) is 14.4. The molecule has 4 heteroatoms. The highest BCUT2D eigenvalue weighted by Crippen LogP contribution is 2.21. The fourth-order valence-corrected chi connectivity index (χ4v) is 3.25. The molecule has 4 nitrogen and oxygen atoms in total. The summed E-state index contributed by atoms with van der Waals surface area (Å²) in [5.41, 5.74) is 3.10. The largest absolute Gasteiger partial charge is 0.496 e. The Balaban J connectivity index is 1.62. The van der Waals surface area contributed by atoms with Gasteiger partial charge in [0.25, 0.3) is 5.91 Å². The minimum atomic E-state index is 0.0781. The van der Waals surface area contributed by atoms with Gasteiger partial charge in [-0.15, -0.1) is 0 Å². The molecule has 0 aliphatic carbocycles. The second kappa shape index (κ2) is 7.49. The van der Waals surface area contributed by atoms with Crippen LogP contribution in [-0.4, -0.2) is 44.1 Å². The number of hydrogen-bond acceptors (Lipinski definition) is 2. The fourth-order valence-electron chi connectivity index (χ4n) is 3.25. The normalized spacial score (nSPS) is 15.3. The number of amides is 1. The van der Waals surface area contributed by atoms with Crippen LogP contribution in [0, 0.1) is 6.92 Å². The lowest BCUT2D eigenvalue weighted by molar-refractivity contribution is -0.917. The van der Waals surface area contributed by atoms with Crippen molar-refractivity contribution >= 4 is 5.91 Å². The van der Waals surface area contributed by atoms with Crippen molar-refractivity contribution in [2.45, 2.75) is 13.5 Å². The molecule has 0 spiro atoms. The van der Waals surface area contributed by atoms with Crippen LogP contribution in [0.3, 0.4) is 0 Å². The Morgan fingerprint density at radius 1 is 1.12 bits per heavy atom. The monoisotopic (exact) mass is 325 g/mol. The molecule has 0 bridgehead atoms. The molecule has 126 valence electrons. The molecular formula is C20H25N2O2+. The van der Waals surface area contributed by atoms with E-state index >= 15 is 0 Å². The molecular weight excluding hydrogens is 300 g/mol. The number of quaternary nitrogens is 1. The van der Waals surface area contributed by atoms with Crippen LogP contribution < -0.4 is 9.64 Å². The minimum Gasteiger partial charge on any atom is -0.496 e. The first-order chi connectivity index (χ1) is 11.7. The average Bonchev–Trinajstić information content (AvgIpc) is 2.62. The van der Waals surface area contributed by atoms with Crippen LogP contribution in [0.25, 0.3) is 0 Å². The summed E-state index contributed by atoms with van der Waals surface area (Å²) < 4.78 is 5.36. The summed E-state index contributed by atoms with van der Waals surface area (Å²) in [4.78, 5) is 16.3. The SMILES string of the molecule is COc1ccc(C)cc1C(=O)N1CC[NH+](Cc2ccccc2)CC1. The van der Waals surface area contributed by atoms with Gasteiger partial charge in [0.2, 0.25) is 0 Å². The van der Waals surface area contributed by atoms with Gasteiger partial charge in [0.15, 0.2) is 0 Å². The third-order valence-electron chi connectivity index (χ3n) is 4.64. The summed E-state index contributed by atoms with van der Waals surface area (Å²) >= 11 is 0. The molecule has 0 saturated carbocycles. The van der Waals surface area contributed by atoms with Gasteiger partial charge in [0.05, 0.1) is 38.9 Å². The van der Waals surface area contributed by atoms with E-state index in [-0.39, 0.29) is 5.91 Å². The first-order valence-corrected chi connectivity index (χ1v) is 8.49. The number of nitrogens with zero attached hydrogens (tertiary/aromatic N) is 1. The quantitative estimate of drug-likeness (QED) is 0.925. The highest BCUT2D eigenvalue weighted by atomic mass is 16.5. The number of piperazine rings is 1. The maximum Gasteiger partial charge on any atom is 0.258 e. The van der Waals surface area contributed by atoms with E-state index in [1.807, 2.05) is 36.1 Å². The van der Waals surface area contributed by atoms with Crippen LogP contribution in [0.1, 0.15) is 21.5 Å². The van der Waals surface area contributed by atoms with Crippen molar-refractivity contribution < 1.29 is 14.4 Å². The smallest absolute Gasteiger partial charge is 0.258 e. The van der Waals surface area contributed by atoms with Gasteiger partial charge in [0, 0.05) is 5.56 Å². The van der Waals surface area contributed by atoms with Crippen molar-refractivity contribution in [2.75, 3.05) is 33.3 Å². The van der Waals surface area contributed by atoms with Gasteiger partial charge in [-0.1, -0.05) is 42.0 Å². The van der Waals surface area contributed by atoms with Crippen molar-refractivity contribution in [3.8, 4) is 5.75 Å². The maximum absolute atomic E-state index is 12.8. The second-order valence-electron chi connectivity index (χ2n) is 6.41. The number of carbonyl (C=O) groups is 1. The zero-order valence-corrected chi connectivity index (χ0v) is 14.4. The van der Waals surface area contributed by atoms with Crippen molar-refractivity contribution in [1.82, 2.24) is 4.90 Å². The van der Waals surface area contributed by atoms with Gasteiger partial charge < -0.3 is 14.5 Å². The third-order valence-corrected chi connectivity index (χ3v) is 4.64. The fraction of sp³-hybridized carbons (Fsp3) is 0.350. The Morgan fingerprint density at radius 2 is 1.83 bits per heavy atom. The van der Waals surface area contributed by atoms with E-state index in [1.165, 1.54) is 10.5 Å². The zero-order chi connectivity index (χ0) is 16.9. The van der Waals surface area contributed by atoms with Gasteiger partial charge in [-0.3, -0.25) is 4.79 Å². The Morgan fingerprint density at radius 3 is 2.50 bits per heavy atom. The molecule has 1 N–H and O–H groups in total. The van der Waals surface area contributed by atoms with E-state index in [4.69, 9.17) is 4.74 Å². The van der Waals surface area contributed by atoms with Gasteiger partial charge >= 0.3 is 0 Å². The number of hydrogen-bond donors (Lipinski definition) is 1. The molecule has 0 radical (unpaired) electrons. The number of benzene rings is 2. The van der Waals surface area contributed by atoms with Crippen LogP contribution in [-0.2, 0) is 6.54 Å². The average molecular weight is 325 g/mol. The summed E-state index contributed by atoms with van der Waals surface area (Å²) in [6, 6.07) is 16.3. The Labute approximate surface area is 143 Å². The van der Waals surface area contributed by atoms with E-state index < -0.39 is 0 Å². The predicted octanol–water partition coefficient (Wildman–Crippen LogP) is 1.54. The van der Waals surface area contributed by atoms with E-state index in [0.29, 0.717) is 11.3 Å². The number of nitrogens with one attached hydrogen (secondary N) is 1. The van der Waals surface area contributed by atoms with Crippen molar-refractivity contribution in [3.63, 3.8) is 0 Å². The number of methoxy groups -OCH3 is 1. The summed E-state index contributed by atoms with van der Waals surface area (Å²) in [6.45, 7) is 6.56. The number of rotatable bonds is 4. The topological polar surface area (TPSA) is 34.0 Å². The summed E-state index contributed by atoms with van der Waals surface area (Å²) in [7, 11) is 1.61.